The van der Waals surface area contributed by atoms with Crippen molar-refractivity contribution in [2.45, 2.75) is 37.0 Å². The third-order valence-corrected chi connectivity index (χ3v) is 4.14. The summed E-state index contributed by atoms with van der Waals surface area (Å²) in [6, 6.07) is -1.44. The molecule has 0 amide bonds. The molecule has 2 aromatic rings. The zero-order valence-electron chi connectivity index (χ0n) is 13.7. The van der Waals surface area contributed by atoms with Crippen LogP contribution in [0.25, 0.3) is 11.2 Å². The van der Waals surface area contributed by atoms with Gasteiger partial charge in [0, 0.05) is 0 Å². The van der Waals surface area contributed by atoms with Crippen LogP contribution < -0.4 is 5.32 Å². The van der Waals surface area contributed by atoms with Gasteiger partial charge in [0.2, 0.25) is 0 Å². The summed E-state index contributed by atoms with van der Waals surface area (Å²) in [7, 11) is 0. The Labute approximate surface area is 150 Å². The molecule has 1 aliphatic heterocycles. The molecular formula is C14H17N5O8. The van der Waals surface area contributed by atoms with Crippen LogP contribution in [-0.4, -0.2) is 88.0 Å². The van der Waals surface area contributed by atoms with Gasteiger partial charge in [0.1, 0.15) is 30.7 Å². The summed E-state index contributed by atoms with van der Waals surface area (Å²) in [6.07, 6.45) is -3.08. The summed E-state index contributed by atoms with van der Waals surface area (Å²) >= 11 is 0. The fraction of sp³-hybridized carbons (Fsp3) is 0.500. The van der Waals surface area contributed by atoms with E-state index >= 15 is 0 Å². The van der Waals surface area contributed by atoms with Gasteiger partial charge in [0.25, 0.3) is 0 Å². The van der Waals surface area contributed by atoms with Gasteiger partial charge in [0.05, 0.1) is 19.4 Å². The number of nitrogens with one attached hydrogen (secondary N) is 1. The SMILES string of the molecule is O=C(O)C[C@H](Nc1ncnc2c1ncn2[C@@H]1O[C@@H](CO)[C@H](O)[C@H]1O)C(=O)O. The lowest BCUT2D eigenvalue weighted by atomic mass is 10.1. The number of aliphatic hydroxyl groups is 3. The molecule has 146 valence electrons. The molecule has 3 rings (SSSR count). The van der Waals surface area contributed by atoms with Crippen molar-refractivity contribution in [1.82, 2.24) is 19.5 Å². The lowest BCUT2D eigenvalue weighted by molar-refractivity contribution is -0.144. The Morgan fingerprint density at radius 1 is 1.22 bits per heavy atom. The molecular weight excluding hydrogens is 366 g/mol. The maximum Gasteiger partial charge on any atom is 0.326 e. The molecule has 0 aliphatic carbocycles. The van der Waals surface area contributed by atoms with E-state index < -0.39 is 55.5 Å². The van der Waals surface area contributed by atoms with Crippen LogP contribution in [-0.2, 0) is 14.3 Å². The monoisotopic (exact) mass is 383 g/mol. The number of carboxylic acids is 2. The van der Waals surface area contributed by atoms with Crippen LogP contribution >= 0.6 is 0 Å². The second-order valence-corrected chi connectivity index (χ2v) is 5.91. The van der Waals surface area contributed by atoms with E-state index in [1.807, 2.05) is 0 Å². The van der Waals surface area contributed by atoms with Crippen molar-refractivity contribution in [3.05, 3.63) is 12.7 Å². The minimum absolute atomic E-state index is 0.0147. The van der Waals surface area contributed by atoms with Gasteiger partial charge in [-0.3, -0.25) is 9.36 Å². The molecule has 6 N–H and O–H groups in total. The minimum Gasteiger partial charge on any atom is -0.481 e. The fourth-order valence-electron chi connectivity index (χ4n) is 2.79. The minimum atomic E-state index is -1.44. The van der Waals surface area contributed by atoms with E-state index in [0.29, 0.717) is 0 Å². The van der Waals surface area contributed by atoms with E-state index in [0.717, 1.165) is 6.33 Å². The maximum atomic E-state index is 11.2. The Bertz CT molecular complexity index is 857. The van der Waals surface area contributed by atoms with Gasteiger partial charge in [-0.05, 0) is 0 Å². The van der Waals surface area contributed by atoms with Crippen molar-refractivity contribution in [3.63, 3.8) is 0 Å². The summed E-state index contributed by atoms with van der Waals surface area (Å²) in [5, 5.41) is 49.7. The average molecular weight is 383 g/mol. The van der Waals surface area contributed by atoms with Crippen molar-refractivity contribution in [2.75, 3.05) is 11.9 Å². The molecule has 3 heterocycles. The number of rotatable bonds is 7. The number of carboxylic acid groups (broad SMARTS) is 2. The molecule has 13 heteroatoms. The number of nitrogens with zero attached hydrogens (tertiary/aromatic N) is 4. The van der Waals surface area contributed by atoms with E-state index in [-0.39, 0.29) is 17.0 Å². The number of ether oxygens (including phenoxy) is 1. The quantitative estimate of drug-likeness (QED) is 0.301. The molecule has 0 aromatic carbocycles. The Balaban J connectivity index is 1.93. The molecule has 2 aromatic heterocycles. The first-order valence-corrected chi connectivity index (χ1v) is 7.84. The highest BCUT2D eigenvalue weighted by atomic mass is 16.6. The van der Waals surface area contributed by atoms with Crippen LogP contribution in [0.3, 0.4) is 0 Å². The van der Waals surface area contributed by atoms with Crippen LogP contribution in [0.1, 0.15) is 12.6 Å². The Morgan fingerprint density at radius 3 is 2.56 bits per heavy atom. The lowest BCUT2D eigenvalue weighted by Gasteiger charge is -2.17. The number of hydrogen-bond acceptors (Lipinski definition) is 10. The summed E-state index contributed by atoms with van der Waals surface area (Å²) in [5.41, 5.74) is 0.272. The highest BCUT2D eigenvalue weighted by molar-refractivity contribution is 5.88. The van der Waals surface area contributed by atoms with Gasteiger partial charge < -0.3 is 35.6 Å². The number of aliphatic carboxylic acids is 2. The topological polar surface area (TPSA) is 200 Å². The fourth-order valence-corrected chi connectivity index (χ4v) is 2.79. The first-order chi connectivity index (χ1) is 12.8. The van der Waals surface area contributed by atoms with Crippen molar-refractivity contribution >= 4 is 28.9 Å². The lowest BCUT2D eigenvalue weighted by Crippen LogP contribution is -2.33. The van der Waals surface area contributed by atoms with Crippen LogP contribution in [0.2, 0.25) is 0 Å². The van der Waals surface area contributed by atoms with Crippen LogP contribution in [0.4, 0.5) is 5.82 Å². The number of hydrogen-bond donors (Lipinski definition) is 6. The standard InChI is InChI=1S/C14H17N5O8/c20-2-6-9(23)10(24)13(27-6)19-4-17-8-11(15-3-16-12(8)19)18-5(14(25)26)1-7(21)22/h3-6,9-10,13,20,23-24H,1-2H2,(H,21,22)(H,25,26)(H,15,16,18)/t5-,6-,9-,10+,13+/m0/s1. The highest BCUT2D eigenvalue weighted by Crippen LogP contribution is 2.32. The Morgan fingerprint density at radius 2 is 1.96 bits per heavy atom. The first-order valence-electron chi connectivity index (χ1n) is 7.84. The number of aromatic nitrogens is 4. The number of carbonyl (C=O) groups is 2. The molecule has 0 bridgehead atoms. The number of fused-ring (bicyclic) bond motifs is 1. The van der Waals surface area contributed by atoms with E-state index in [1.54, 1.807) is 0 Å². The van der Waals surface area contributed by atoms with Gasteiger partial charge in [-0.25, -0.2) is 19.7 Å². The summed E-state index contributed by atoms with van der Waals surface area (Å²) in [4.78, 5) is 34.0. The molecule has 1 saturated heterocycles. The van der Waals surface area contributed by atoms with E-state index in [9.17, 15) is 24.9 Å². The second kappa shape index (κ2) is 7.40. The zero-order valence-corrected chi connectivity index (χ0v) is 13.7. The molecule has 0 radical (unpaired) electrons. The normalized spacial score (nSPS) is 26.2. The molecule has 1 aliphatic rings. The maximum absolute atomic E-state index is 11.2. The molecule has 0 saturated carbocycles. The molecule has 0 unspecified atom stereocenters. The van der Waals surface area contributed by atoms with Crippen LogP contribution in [0.15, 0.2) is 12.7 Å². The molecule has 13 nitrogen and oxygen atoms in total. The predicted octanol–water partition coefficient (Wildman–Crippen LogP) is -2.22. The van der Waals surface area contributed by atoms with E-state index in [2.05, 4.69) is 20.3 Å². The van der Waals surface area contributed by atoms with Gasteiger partial charge in [-0.1, -0.05) is 0 Å². The number of aliphatic hydroxyl groups excluding tert-OH is 3. The smallest absolute Gasteiger partial charge is 0.326 e. The molecule has 0 spiro atoms. The van der Waals surface area contributed by atoms with Crippen molar-refractivity contribution in [3.8, 4) is 0 Å². The zero-order chi connectivity index (χ0) is 19.7. The highest BCUT2D eigenvalue weighted by Gasteiger charge is 2.44. The van der Waals surface area contributed by atoms with E-state index in [4.69, 9.17) is 14.9 Å². The Hall–Kier alpha value is -2.87. The third-order valence-electron chi connectivity index (χ3n) is 4.14. The van der Waals surface area contributed by atoms with Gasteiger partial charge in [0.15, 0.2) is 23.2 Å². The summed E-state index contributed by atoms with van der Waals surface area (Å²) < 4.78 is 6.72. The van der Waals surface area contributed by atoms with Crippen LogP contribution in [0.5, 0.6) is 0 Å². The van der Waals surface area contributed by atoms with Crippen molar-refractivity contribution in [1.29, 1.82) is 0 Å². The predicted molar refractivity (Wildman–Crippen MR) is 85.6 cm³/mol. The van der Waals surface area contributed by atoms with Gasteiger partial charge in [-0.15, -0.1) is 0 Å². The molecule has 1 fully saturated rings. The summed E-state index contributed by atoms with van der Waals surface area (Å²) in [5.74, 6) is -2.71. The van der Waals surface area contributed by atoms with Gasteiger partial charge >= 0.3 is 11.9 Å². The second-order valence-electron chi connectivity index (χ2n) is 5.91. The number of anilines is 1. The van der Waals surface area contributed by atoms with Gasteiger partial charge in [-0.2, -0.15) is 0 Å². The van der Waals surface area contributed by atoms with Crippen molar-refractivity contribution in [2.24, 2.45) is 0 Å². The molecule has 5 atom stereocenters. The largest absolute Gasteiger partial charge is 0.481 e. The van der Waals surface area contributed by atoms with Crippen LogP contribution in [0, 0.1) is 0 Å². The van der Waals surface area contributed by atoms with E-state index in [1.165, 1.54) is 10.9 Å². The number of imidazole rings is 1. The molecule has 27 heavy (non-hydrogen) atoms. The first kappa shape index (κ1) is 18.9. The third kappa shape index (κ3) is 3.52. The average Bonchev–Trinajstić information content (AvgIpc) is 3.16. The Kier molecular flexibility index (Phi) is 5.18. The summed E-state index contributed by atoms with van der Waals surface area (Å²) in [6.45, 7) is -0.501. The van der Waals surface area contributed by atoms with Crippen molar-refractivity contribution < 1.29 is 39.9 Å².